The van der Waals surface area contributed by atoms with Crippen molar-refractivity contribution in [3.63, 3.8) is 0 Å². The molecule has 0 radical (unpaired) electrons. The Labute approximate surface area is 216 Å². The standard InChI is InChI=1S/C28H33FN8/c1-3-35-11-13-36(14-12-35)18-19-5-10-25(30-16-19)32-28-31-17-23(29)26(33-28)21-8-9-24-22(15-21)27(20-6-7-20)37(4-2)34-24/h5,8-10,15-17,20H,3-4,6-7,11-14,18H2,1-2H3,(H,30,31,32,33). The third kappa shape index (κ3) is 5.06. The Kier molecular flexibility index (Phi) is 6.56. The van der Waals surface area contributed by atoms with Crippen LogP contribution in [0, 0.1) is 5.82 Å². The van der Waals surface area contributed by atoms with Gasteiger partial charge in [-0.05, 0) is 50.1 Å². The number of fused-ring (bicyclic) bond motifs is 1. The van der Waals surface area contributed by atoms with Crippen molar-refractivity contribution >= 4 is 22.7 Å². The van der Waals surface area contributed by atoms with Gasteiger partial charge in [-0.15, -0.1) is 0 Å². The van der Waals surface area contributed by atoms with Gasteiger partial charge < -0.3 is 10.2 Å². The second kappa shape index (κ2) is 10.1. The second-order valence-electron chi connectivity index (χ2n) is 9.98. The Balaban J connectivity index is 1.19. The van der Waals surface area contributed by atoms with E-state index in [9.17, 15) is 4.39 Å². The number of halogens is 1. The summed E-state index contributed by atoms with van der Waals surface area (Å²) in [5.74, 6) is 1.04. The molecule has 4 heterocycles. The van der Waals surface area contributed by atoms with Crippen molar-refractivity contribution in [1.29, 1.82) is 0 Å². The maximum atomic E-state index is 14.9. The van der Waals surface area contributed by atoms with Crippen LogP contribution >= 0.6 is 0 Å². The zero-order valence-electron chi connectivity index (χ0n) is 21.5. The van der Waals surface area contributed by atoms with Crippen molar-refractivity contribution in [2.45, 2.75) is 45.7 Å². The van der Waals surface area contributed by atoms with Crippen LogP contribution in [0.25, 0.3) is 22.2 Å². The molecule has 3 aromatic heterocycles. The van der Waals surface area contributed by atoms with Crippen LogP contribution in [0.15, 0.2) is 42.7 Å². The van der Waals surface area contributed by atoms with Crippen LogP contribution in [0.3, 0.4) is 0 Å². The van der Waals surface area contributed by atoms with E-state index in [-0.39, 0.29) is 5.69 Å². The normalized spacial score (nSPS) is 16.9. The minimum absolute atomic E-state index is 0.272. The number of hydrogen-bond acceptors (Lipinski definition) is 7. The van der Waals surface area contributed by atoms with Crippen molar-refractivity contribution in [3.05, 3.63) is 59.8 Å². The molecule has 8 nitrogen and oxygen atoms in total. The van der Waals surface area contributed by atoms with E-state index in [1.54, 1.807) is 0 Å². The number of nitrogens with one attached hydrogen (secondary N) is 1. The quantitative estimate of drug-likeness (QED) is 0.372. The van der Waals surface area contributed by atoms with E-state index >= 15 is 0 Å². The van der Waals surface area contributed by atoms with Gasteiger partial charge in [-0.2, -0.15) is 5.10 Å². The Hall–Kier alpha value is -3.43. The summed E-state index contributed by atoms with van der Waals surface area (Å²) in [5, 5.41) is 8.96. The van der Waals surface area contributed by atoms with E-state index in [0.29, 0.717) is 17.7 Å². The SMILES string of the molecule is CCN1CCN(Cc2ccc(Nc3ncc(F)c(-c4ccc5nn(CC)c(C6CC6)c5c4)n3)nc2)CC1. The summed E-state index contributed by atoms with van der Waals surface area (Å²) in [5.41, 5.74) is 4.36. The van der Waals surface area contributed by atoms with Gasteiger partial charge in [0.2, 0.25) is 5.95 Å². The van der Waals surface area contributed by atoms with E-state index < -0.39 is 5.82 Å². The van der Waals surface area contributed by atoms with Crippen LogP contribution in [0.5, 0.6) is 0 Å². The van der Waals surface area contributed by atoms with Gasteiger partial charge in [-0.1, -0.05) is 19.1 Å². The number of piperazine rings is 1. The molecule has 2 aliphatic rings. The van der Waals surface area contributed by atoms with Gasteiger partial charge in [0.25, 0.3) is 0 Å². The smallest absolute Gasteiger partial charge is 0.229 e. The van der Waals surface area contributed by atoms with Crippen LogP contribution < -0.4 is 5.32 Å². The molecule has 0 atom stereocenters. The molecule has 0 bridgehead atoms. The van der Waals surface area contributed by atoms with Crippen LogP contribution in [0.1, 0.15) is 43.9 Å². The molecule has 6 rings (SSSR count). The number of aromatic nitrogens is 5. The van der Waals surface area contributed by atoms with Crippen LogP contribution in [-0.4, -0.2) is 67.3 Å². The lowest BCUT2D eigenvalue weighted by Crippen LogP contribution is -2.45. The first kappa shape index (κ1) is 23.9. The number of likely N-dealkylation sites (N-methyl/N-ethyl adjacent to an activating group) is 1. The Morgan fingerprint density at radius 3 is 2.46 bits per heavy atom. The molecular weight excluding hydrogens is 467 g/mol. The van der Waals surface area contributed by atoms with Gasteiger partial charge in [0.15, 0.2) is 5.82 Å². The summed E-state index contributed by atoms with van der Waals surface area (Å²) in [6.07, 6.45) is 5.47. The summed E-state index contributed by atoms with van der Waals surface area (Å²) in [4.78, 5) is 18.2. The number of rotatable bonds is 8. The van der Waals surface area contributed by atoms with E-state index in [4.69, 9.17) is 5.10 Å². The highest BCUT2D eigenvalue weighted by molar-refractivity contribution is 5.87. The molecule has 1 aliphatic carbocycles. The molecular formula is C28H33FN8. The molecule has 9 heteroatoms. The summed E-state index contributed by atoms with van der Waals surface area (Å²) in [7, 11) is 0. The molecule has 1 saturated carbocycles. The highest BCUT2D eigenvalue weighted by Gasteiger charge is 2.30. The lowest BCUT2D eigenvalue weighted by molar-refractivity contribution is 0.132. The molecule has 1 aliphatic heterocycles. The molecule has 192 valence electrons. The molecule has 0 amide bonds. The Morgan fingerprint density at radius 1 is 0.946 bits per heavy atom. The molecule has 4 aromatic rings. The van der Waals surface area contributed by atoms with E-state index in [1.165, 1.54) is 30.3 Å². The molecule has 1 aromatic carbocycles. The highest BCUT2D eigenvalue weighted by atomic mass is 19.1. The molecule has 2 fully saturated rings. The van der Waals surface area contributed by atoms with Crippen molar-refractivity contribution < 1.29 is 4.39 Å². The minimum atomic E-state index is -0.452. The monoisotopic (exact) mass is 500 g/mol. The maximum Gasteiger partial charge on any atom is 0.229 e. The summed E-state index contributed by atoms with van der Waals surface area (Å²) >= 11 is 0. The van der Waals surface area contributed by atoms with Crippen molar-refractivity contribution in [2.24, 2.45) is 0 Å². The van der Waals surface area contributed by atoms with Crippen molar-refractivity contribution in [2.75, 3.05) is 38.0 Å². The molecule has 0 spiro atoms. The first-order valence-electron chi connectivity index (χ1n) is 13.3. The second-order valence-corrected chi connectivity index (χ2v) is 9.98. The molecule has 1 N–H and O–H groups in total. The van der Waals surface area contributed by atoms with Crippen molar-refractivity contribution in [1.82, 2.24) is 34.5 Å². The average molecular weight is 501 g/mol. The highest BCUT2D eigenvalue weighted by Crippen LogP contribution is 2.44. The van der Waals surface area contributed by atoms with E-state index in [1.807, 2.05) is 30.5 Å². The number of aryl methyl sites for hydroxylation is 1. The lowest BCUT2D eigenvalue weighted by Gasteiger charge is -2.33. The van der Waals surface area contributed by atoms with Gasteiger partial charge in [-0.3, -0.25) is 9.58 Å². The predicted molar refractivity (Wildman–Crippen MR) is 143 cm³/mol. The number of anilines is 2. The third-order valence-electron chi connectivity index (χ3n) is 7.44. The number of pyridine rings is 1. The van der Waals surface area contributed by atoms with E-state index in [0.717, 1.165) is 62.3 Å². The maximum absolute atomic E-state index is 14.9. The summed E-state index contributed by atoms with van der Waals surface area (Å²) in [6, 6.07) is 9.86. The van der Waals surface area contributed by atoms with Gasteiger partial charge >= 0.3 is 0 Å². The molecule has 0 unspecified atom stereocenters. The van der Waals surface area contributed by atoms with Gasteiger partial charge in [-0.25, -0.2) is 19.3 Å². The predicted octanol–water partition coefficient (Wildman–Crippen LogP) is 4.81. The lowest BCUT2D eigenvalue weighted by atomic mass is 10.1. The van der Waals surface area contributed by atoms with Gasteiger partial charge in [0.1, 0.15) is 11.5 Å². The number of benzene rings is 1. The summed E-state index contributed by atoms with van der Waals surface area (Å²) < 4.78 is 16.9. The van der Waals surface area contributed by atoms with Crippen LogP contribution in [0.2, 0.25) is 0 Å². The minimum Gasteiger partial charge on any atom is -0.309 e. The van der Waals surface area contributed by atoms with Gasteiger partial charge in [0, 0.05) is 68.0 Å². The topological polar surface area (TPSA) is 75.0 Å². The fourth-order valence-electron chi connectivity index (χ4n) is 5.19. The van der Waals surface area contributed by atoms with Crippen molar-refractivity contribution in [3.8, 4) is 11.3 Å². The Bertz CT molecular complexity index is 1390. The first-order valence-corrected chi connectivity index (χ1v) is 13.3. The number of nitrogens with zero attached hydrogens (tertiary/aromatic N) is 7. The largest absolute Gasteiger partial charge is 0.309 e. The molecule has 1 saturated heterocycles. The van der Waals surface area contributed by atoms with Gasteiger partial charge in [0.05, 0.1) is 11.7 Å². The third-order valence-corrected chi connectivity index (χ3v) is 7.44. The van der Waals surface area contributed by atoms with Crippen LogP contribution in [-0.2, 0) is 13.1 Å². The average Bonchev–Trinajstić information content (AvgIpc) is 3.70. The first-order chi connectivity index (χ1) is 18.1. The fourth-order valence-corrected chi connectivity index (χ4v) is 5.19. The van der Waals surface area contributed by atoms with Crippen LogP contribution in [0.4, 0.5) is 16.2 Å². The summed E-state index contributed by atoms with van der Waals surface area (Å²) in [6.45, 7) is 11.5. The number of hydrogen-bond donors (Lipinski definition) is 1. The van der Waals surface area contributed by atoms with E-state index in [2.05, 4.69) is 54.7 Å². The molecule has 37 heavy (non-hydrogen) atoms. The zero-order valence-corrected chi connectivity index (χ0v) is 21.5. The fraction of sp³-hybridized carbons (Fsp3) is 0.429. The zero-order chi connectivity index (χ0) is 25.4. The Morgan fingerprint density at radius 2 is 1.76 bits per heavy atom.